The maximum Gasteiger partial charge on any atom is 0.273 e. The maximum absolute atomic E-state index is 6.03. The molecule has 1 atom stereocenters. The monoisotopic (exact) mass is 315 g/mol. The van der Waals surface area contributed by atoms with Crippen molar-refractivity contribution in [2.75, 3.05) is 7.11 Å². The molecule has 0 radical (unpaired) electrons. The Kier molecular flexibility index (Phi) is 8.16. The topological polar surface area (TPSA) is 35.3 Å². The molecule has 0 saturated heterocycles. The van der Waals surface area contributed by atoms with Gasteiger partial charge in [-0.3, -0.25) is 0 Å². The van der Waals surface area contributed by atoms with E-state index in [9.17, 15) is 0 Å². The normalized spacial score (nSPS) is 14.1. The molecular weight excluding hydrogens is 286 g/mol. The van der Waals surface area contributed by atoms with E-state index in [1.165, 1.54) is 44.9 Å². The summed E-state index contributed by atoms with van der Waals surface area (Å²) in [5.41, 5.74) is -0.0390. The number of ether oxygens (including phenoxy) is 1. The van der Waals surface area contributed by atoms with Gasteiger partial charge in [-0.05, 0) is 24.4 Å². The predicted octanol–water partition coefficient (Wildman–Crippen LogP) is 6.15. The number of aromatic nitrogens is 1. The number of halogens is 1. The lowest BCUT2D eigenvalue weighted by Gasteiger charge is -2.26. The van der Waals surface area contributed by atoms with Crippen LogP contribution in [0.3, 0.4) is 0 Å². The summed E-state index contributed by atoms with van der Waals surface area (Å²) in [6, 6.07) is 0. The van der Waals surface area contributed by atoms with Crippen molar-refractivity contribution in [1.29, 1.82) is 0 Å². The van der Waals surface area contributed by atoms with Gasteiger partial charge in [0, 0.05) is 5.41 Å². The molecule has 4 heteroatoms. The molecule has 0 bridgehead atoms. The average molecular weight is 316 g/mol. The van der Waals surface area contributed by atoms with Crippen molar-refractivity contribution in [3.63, 3.8) is 0 Å². The zero-order valence-corrected chi connectivity index (χ0v) is 14.8. The lowest BCUT2D eigenvalue weighted by atomic mass is 9.80. The minimum atomic E-state index is -0.0390. The molecule has 0 aliphatic rings. The third-order valence-electron chi connectivity index (χ3n) is 4.18. The van der Waals surface area contributed by atoms with E-state index >= 15 is 0 Å². The van der Waals surface area contributed by atoms with Crippen molar-refractivity contribution in [1.82, 2.24) is 4.98 Å². The van der Waals surface area contributed by atoms with Gasteiger partial charge in [-0.1, -0.05) is 65.7 Å². The van der Waals surface area contributed by atoms with Gasteiger partial charge in [0.25, 0.3) is 11.1 Å². The lowest BCUT2D eigenvalue weighted by Crippen LogP contribution is -2.22. The van der Waals surface area contributed by atoms with Crippen LogP contribution in [0.1, 0.15) is 84.4 Å². The Morgan fingerprint density at radius 1 is 1.05 bits per heavy atom. The van der Waals surface area contributed by atoms with Gasteiger partial charge in [-0.25, -0.2) is 0 Å². The first kappa shape index (κ1) is 18.3. The molecule has 0 fully saturated rings. The van der Waals surface area contributed by atoms with Gasteiger partial charge in [0.1, 0.15) is 0 Å². The Bertz CT molecular complexity index is 405. The number of nitrogens with zero attached hydrogens (tertiary/aromatic N) is 1. The Labute approximate surface area is 134 Å². The van der Waals surface area contributed by atoms with Gasteiger partial charge in [-0.2, -0.15) is 4.98 Å². The van der Waals surface area contributed by atoms with E-state index in [0.717, 1.165) is 18.7 Å². The summed E-state index contributed by atoms with van der Waals surface area (Å²) in [5, 5.41) is 0.265. The first-order chi connectivity index (χ1) is 10.1. The summed E-state index contributed by atoms with van der Waals surface area (Å²) in [7, 11) is 1.57. The maximum atomic E-state index is 6.03. The highest BCUT2D eigenvalue weighted by Crippen LogP contribution is 2.38. The molecule has 1 aromatic heterocycles. The highest BCUT2D eigenvalue weighted by Gasteiger charge is 2.32. The number of methoxy groups -OCH3 is 1. The summed E-state index contributed by atoms with van der Waals surface area (Å²) in [6.45, 7) is 6.70. The van der Waals surface area contributed by atoms with E-state index in [1.54, 1.807) is 7.11 Å². The highest BCUT2D eigenvalue weighted by atomic mass is 35.5. The van der Waals surface area contributed by atoms with Crippen molar-refractivity contribution in [2.24, 2.45) is 0 Å². The zero-order valence-electron chi connectivity index (χ0n) is 14.0. The molecule has 1 heterocycles. The van der Waals surface area contributed by atoms with Crippen molar-refractivity contribution in [3.05, 3.63) is 11.1 Å². The molecule has 0 aliphatic carbocycles. The molecule has 3 nitrogen and oxygen atoms in total. The molecule has 21 heavy (non-hydrogen) atoms. The number of unbranched alkanes of at least 4 members (excludes halogenated alkanes) is 5. The summed E-state index contributed by atoms with van der Waals surface area (Å²) < 4.78 is 10.8. The first-order valence-electron chi connectivity index (χ1n) is 8.28. The van der Waals surface area contributed by atoms with Gasteiger partial charge >= 0.3 is 0 Å². The fourth-order valence-electron chi connectivity index (χ4n) is 2.70. The molecule has 0 aliphatic heterocycles. The molecule has 0 spiro atoms. The largest absolute Gasteiger partial charge is 0.478 e. The molecule has 1 unspecified atom stereocenters. The van der Waals surface area contributed by atoms with E-state index in [1.807, 2.05) is 0 Å². The van der Waals surface area contributed by atoms with E-state index in [0.29, 0.717) is 5.88 Å². The third-order valence-corrected chi connectivity index (χ3v) is 4.42. The third kappa shape index (κ3) is 5.54. The number of hydrogen-bond donors (Lipinski definition) is 0. The minimum Gasteiger partial charge on any atom is -0.478 e. The minimum absolute atomic E-state index is 0.0390. The van der Waals surface area contributed by atoms with E-state index in [4.69, 9.17) is 20.8 Å². The smallest absolute Gasteiger partial charge is 0.273 e. The summed E-state index contributed by atoms with van der Waals surface area (Å²) in [4.78, 5) is 4.45. The molecule has 0 saturated carbocycles. The van der Waals surface area contributed by atoms with E-state index in [-0.39, 0.29) is 10.6 Å². The Hall–Kier alpha value is -0.700. The Morgan fingerprint density at radius 2 is 1.67 bits per heavy atom. The second kappa shape index (κ2) is 9.34. The fourth-order valence-corrected chi connectivity index (χ4v) is 2.89. The quantitative estimate of drug-likeness (QED) is 0.460. The average Bonchev–Trinajstić information content (AvgIpc) is 2.86. The summed E-state index contributed by atoms with van der Waals surface area (Å²) in [6.07, 6.45) is 10.9. The van der Waals surface area contributed by atoms with Crippen LogP contribution in [0.15, 0.2) is 4.42 Å². The van der Waals surface area contributed by atoms with Crippen LogP contribution in [0.2, 0.25) is 5.22 Å². The van der Waals surface area contributed by atoms with Crippen LogP contribution >= 0.6 is 11.6 Å². The molecule has 0 aromatic carbocycles. The van der Waals surface area contributed by atoms with Crippen LogP contribution in [-0.2, 0) is 5.41 Å². The molecule has 0 N–H and O–H groups in total. The van der Waals surface area contributed by atoms with Crippen LogP contribution in [-0.4, -0.2) is 12.1 Å². The van der Waals surface area contributed by atoms with Crippen molar-refractivity contribution >= 4 is 11.6 Å². The second-order valence-corrected chi connectivity index (χ2v) is 6.47. The number of oxazole rings is 1. The second-order valence-electron chi connectivity index (χ2n) is 6.13. The molecule has 0 amide bonds. The van der Waals surface area contributed by atoms with Gasteiger partial charge in [0.05, 0.1) is 7.11 Å². The molecule has 1 aromatic rings. The van der Waals surface area contributed by atoms with Crippen LogP contribution in [0.4, 0.5) is 0 Å². The first-order valence-corrected chi connectivity index (χ1v) is 8.66. The molecule has 122 valence electrons. The Balaban J connectivity index is 2.71. The fraction of sp³-hybridized carbons (Fsp3) is 0.824. The van der Waals surface area contributed by atoms with E-state index < -0.39 is 0 Å². The SMILES string of the molecule is CCCCCCCC(C)(CCCC)c1nc(OC)c(Cl)o1. The molecular formula is C17H30ClNO2. The van der Waals surface area contributed by atoms with Crippen LogP contribution in [0.25, 0.3) is 0 Å². The van der Waals surface area contributed by atoms with Crippen LogP contribution in [0.5, 0.6) is 5.88 Å². The van der Waals surface area contributed by atoms with Crippen molar-refractivity contribution < 1.29 is 9.15 Å². The zero-order chi connectivity index (χ0) is 15.7. The van der Waals surface area contributed by atoms with Crippen LogP contribution in [0, 0.1) is 0 Å². The van der Waals surface area contributed by atoms with Gasteiger partial charge in [0.2, 0.25) is 5.89 Å². The predicted molar refractivity (Wildman–Crippen MR) is 88.3 cm³/mol. The van der Waals surface area contributed by atoms with Gasteiger partial charge in [0.15, 0.2) is 0 Å². The number of rotatable bonds is 11. The number of hydrogen-bond acceptors (Lipinski definition) is 3. The molecule has 1 rings (SSSR count). The van der Waals surface area contributed by atoms with E-state index in [2.05, 4.69) is 25.8 Å². The summed E-state index contributed by atoms with van der Waals surface area (Å²) >= 11 is 6.03. The standard InChI is InChI=1S/C17H30ClNO2/c1-5-7-9-10-11-13-17(3,12-8-6-2)16-19-15(20-4)14(18)21-16/h5-13H2,1-4H3. The van der Waals surface area contributed by atoms with Gasteiger partial charge in [-0.15, -0.1) is 0 Å². The lowest BCUT2D eigenvalue weighted by molar-refractivity contribution is 0.289. The summed E-state index contributed by atoms with van der Waals surface area (Å²) in [5.74, 6) is 1.13. The van der Waals surface area contributed by atoms with Crippen LogP contribution < -0.4 is 4.74 Å². The van der Waals surface area contributed by atoms with Gasteiger partial charge < -0.3 is 9.15 Å². The highest BCUT2D eigenvalue weighted by molar-refractivity contribution is 6.30. The van der Waals surface area contributed by atoms with Crippen molar-refractivity contribution in [3.8, 4) is 5.88 Å². The van der Waals surface area contributed by atoms with Crippen molar-refractivity contribution in [2.45, 2.75) is 84.0 Å². The Morgan fingerprint density at radius 3 is 2.24 bits per heavy atom.